The molecule has 0 atom stereocenters. The number of carbonyl (C=O) groups is 2. The molecule has 2 aromatic rings. The Morgan fingerprint density at radius 1 is 1.07 bits per heavy atom. The van der Waals surface area contributed by atoms with Crippen LogP contribution in [0.15, 0.2) is 54.6 Å². The molecule has 1 aliphatic rings. The monoisotopic (exact) mass is 395 g/mol. The van der Waals surface area contributed by atoms with Crippen LogP contribution in [0.2, 0.25) is 0 Å². The summed E-state index contributed by atoms with van der Waals surface area (Å²) in [6.45, 7) is 6.20. The molecule has 2 aromatic carbocycles. The van der Waals surface area contributed by atoms with Crippen molar-refractivity contribution in [1.29, 1.82) is 0 Å². The van der Waals surface area contributed by atoms with E-state index in [-0.39, 0.29) is 19.3 Å². The van der Waals surface area contributed by atoms with Crippen LogP contribution in [-0.4, -0.2) is 35.7 Å². The number of fused-ring (bicyclic) bond motifs is 1. The third-order valence-electron chi connectivity index (χ3n) is 4.44. The molecule has 6 nitrogen and oxygen atoms in total. The highest BCUT2D eigenvalue weighted by molar-refractivity contribution is 5.89. The van der Waals surface area contributed by atoms with Gasteiger partial charge in [0, 0.05) is 18.2 Å². The van der Waals surface area contributed by atoms with Crippen LogP contribution in [0, 0.1) is 0 Å². The van der Waals surface area contributed by atoms with Gasteiger partial charge in [0.15, 0.2) is 18.1 Å². The van der Waals surface area contributed by atoms with Crippen molar-refractivity contribution in [3.8, 4) is 11.5 Å². The van der Waals surface area contributed by atoms with E-state index in [0.29, 0.717) is 18.0 Å². The number of rotatable bonds is 6. The van der Waals surface area contributed by atoms with E-state index in [2.05, 4.69) is 0 Å². The second-order valence-electron chi connectivity index (χ2n) is 7.69. The molecular formula is C23H25NO5. The van der Waals surface area contributed by atoms with Crippen LogP contribution in [0.1, 0.15) is 31.9 Å². The Labute approximate surface area is 170 Å². The van der Waals surface area contributed by atoms with Crippen molar-refractivity contribution >= 4 is 18.0 Å². The lowest BCUT2D eigenvalue weighted by molar-refractivity contribution is -0.151. The molecule has 29 heavy (non-hydrogen) atoms. The van der Waals surface area contributed by atoms with Crippen LogP contribution in [-0.2, 0) is 20.9 Å². The maximum atomic E-state index is 12.7. The highest BCUT2D eigenvalue weighted by Gasteiger charge is 2.27. The van der Waals surface area contributed by atoms with E-state index >= 15 is 0 Å². The highest BCUT2D eigenvalue weighted by Crippen LogP contribution is 2.32. The minimum absolute atomic E-state index is 0.194. The van der Waals surface area contributed by atoms with E-state index in [1.54, 1.807) is 23.1 Å². The van der Waals surface area contributed by atoms with Gasteiger partial charge in [-0.1, -0.05) is 36.4 Å². The summed E-state index contributed by atoms with van der Waals surface area (Å²) >= 11 is 0. The van der Waals surface area contributed by atoms with E-state index in [1.807, 2.05) is 57.2 Å². The predicted molar refractivity (Wildman–Crippen MR) is 109 cm³/mol. The predicted octanol–water partition coefficient (Wildman–Crippen LogP) is 3.80. The lowest BCUT2D eigenvalue weighted by Crippen LogP contribution is -2.46. The largest absolute Gasteiger partial charge is 0.454 e. The Hall–Kier alpha value is -3.28. The molecule has 152 valence electrons. The average molecular weight is 395 g/mol. The number of benzene rings is 2. The van der Waals surface area contributed by atoms with Crippen LogP contribution < -0.4 is 9.47 Å². The van der Waals surface area contributed by atoms with Crippen LogP contribution in [0.5, 0.6) is 11.5 Å². The number of hydrogen-bond acceptors (Lipinski definition) is 5. The van der Waals surface area contributed by atoms with Gasteiger partial charge in [-0.05, 0) is 50.1 Å². The normalized spacial score (nSPS) is 12.8. The third-order valence-corrected chi connectivity index (χ3v) is 4.44. The molecule has 0 unspecified atom stereocenters. The van der Waals surface area contributed by atoms with Gasteiger partial charge >= 0.3 is 5.97 Å². The molecular weight excluding hydrogens is 370 g/mol. The van der Waals surface area contributed by atoms with Crippen molar-refractivity contribution in [2.75, 3.05) is 13.4 Å². The fourth-order valence-corrected chi connectivity index (χ4v) is 2.91. The number of carbonyl (C=O) groups excluding carboxylic acids is 2. The van der Waals surface area contributed by atoms with Crippen molar-refractivity contribution in [2.24, 2.45) is 0 Å². The molecule has 1 heterocycles. The molecule has 0 spiro atoms. The van der Waals surface area contributed by atoms with E-state index in [4.69, 9.17) is 14.2 Å². The Balaban J connectivity index is 1.56. The van der Waals surface area contributed by atoms with Gasteiger partial charge in [-0.15, -0.1) is 0 Å². The summed E-state index contributed by atoms with van der Waals surface area (Å²) in [6.07, 6.45) is 2.91. The van der Waals surface area contributed by atoms with Gasteiger partial charge in [0.05, 0.1) is 0 Å². The topological polar surface area (TPSA) is 65.1 Å². The molecule has 6 heteroatoms. The summed E-state index contributed by atoms with van der Waals surface area (Å²) in [5.74, 6) is 0.490. The summed E-state index contributed by atoms with van der Waals surface area (Å²) in [5.41, 5.74) is 1.39. The molecule has 0 saturated carbocycles. The summed E-state index contributed by atoms with van der Waals surface area (Å²) < 4.78 is 15.7. The number of hydrogen-bond donors (Lipinski definition) is 0. The van der Waals surface area contributed by atoms with Gasteiger partial charge in [-0.25, -0.2) is 4.79 Å². The Bertz CT molecular complexity index is 899. The summed E-state index contributed by atoms with van der Waals surface area (Å²) in [5, 5.41) is 0. The second-order valence-corrected chi connectivity index (χ2v) is 7.69. The fraction of sp³-hybridized carbons (Fsp3) is 0.304. The van der Waals surface area contributed by atoms with Crippen LogP contribution >= 0.6 is 0 Å². The second kappa shape index (κ2) is 8.82. The van der Waals surface area contributed by atoms with Crippen LogP contribution in [0.3, 0.4) is 0 Å². The first-order valence-corrected chi connectivity index (χ1v) is 9.42. The van der Waals surface area contributed by atoms with Gasteiger partial charge in [0.2, 0.25) is 6.79 Å². The van der Waals surface area contributed by atoms with Crippen molar-refractivity contribution < 1.29 is 23.8 Å². The lowest BCUT2D eigenvalue weighted by atomic mass is 10.0. The maximum Gasteiger partial charge on any atom is 0.331 e. The molecule has 0 bridgehead atoms. The minimum atomic E-state index is -0.579. The molecule has 0 radical (unpaired) electrons. The standard InChI is InChI=1S/C23H25NO5/c1-23(2,3)24(14-18-7-5-4-6-8-18)21(25)15-27-22(26)12-10-17-9-11-19-20(13-17)29-16-28-19/h4-13H,14-16H2,1-3H3/b12-10+. The lowest BCUT2D eigenvalue weighted by Gasteiger charge is -2.35. The molecule has 3 rings (SSSR count). The van der Waals surface area contributed by atoms with Gasteiger partial charge in [-0.3, -0.25) is 4.79 Å². The molecule has 0 aromatic heterocycles. The Kier molecular flexibility index (Phi) is 6.22. The number of ether oxygens (including phenoxy) is 3. The number of amides is 1. The van der Waals surface area contributed by atoms with Gasteiger partial charge in [-0.2, -0.15) is 0 Å². The van der Waals surface area contributed by atoms with Crippen molar-refractivity contribution in [3.05, 3.63) is 65.7 Å². The van der Waals surface area contributed by atoms with Crippen molar-refractivity contribution in [2.45, 2.75) is 32.9 Å². The van der Waals surface area contributed by atoms with Crippen LogP contribution in [0.4, 0.5) is 0 Å². The third kappa shape index (κ3) is 5.60. The van der Waals surface area contributed by atoms with Crippen molar-refractivity contribution in [3.63, 3.8) is 0 Å². The summed E-state index contributed by atoms with van der Waals surface area (Å²) in [6, 6.07) is 15.1. The number of esters is 1. The zero-order valence-corrected chi connectivity index (χ0v) is 16.9. The summed E-state index contributed by atoms with van der Waals surface area (Å²) in [4.78, 5) is 26.5. The average Bonchev–Trinajstić information content (AvgIpc) is 3.16. The quantitative estimate of drug-likeness (QED) is 0.550. The first kappa shape index (κ1) is 20.5. The highest BCUT2D eigenvalue weighted by atomic mass is 16.7. The van der Waals surface area contributed by atoms with Gasteiger partial charge in [0.1, 0.15) is 0 Å². The van der Waals surface area contributed by atoms with E-state index < -0.39 is 11.5 Å². The zero-order chi connectivity index (χ0) is 20.9. The van der Waals surface area contributed by atoms with Gasteiger partial charge in [0.25, 0.3) is 5.91 Å². The molecule has 1 amide bonds. The summed E-state index contributed by atoms with van der Waals surface area (Å²) in [7, 11) is 0. The molecule has 0 aliphatic carbocycles. The van der Waals surface area contributed by atoms with E-state index in [9.17, 15) is 9.59 Å². The first-order chi connectivity index (χ1) is 13.8. The van der Waals surface area contributed by atoms with E-state index in [0.717, 1.165) is 11.1 Å². The number of nitrogens with zero attached hydrogens (tertiary/aromatic N) is 1. The van der Waals surface area contributed by atoms with Gasteiger partial charge < -0.3 is 19.1 Å². The Morgan fingerprint density at radius 3 is 2.52 bits per heavy atom. The first-order valence-electron chi connectivity index (χ1n) is 9.42. The molecule has 0 N–H and O–H groups in total. The van der Waals surface area contributed by atoms with Crippen LogP contribution in [0.25, 0.3) is 6.08 Å². The van der Waals surface area contributed by atoms with E-state index in [1.165, 1.54) is 6.08 Å². The molecule has 0 saturated heterocycles. The smallest absolute Gasteiger partial charge is 0.331 e. The molecule has 1 aliphatic heterocycles. The Morgan fingerprint density at radius 2 is 1.79 bits per heavy atom. The fourth-order valence-electron chi connectivity index (χ4n) is 2.91. The minimum Gasteiger partial charge on any atom is -0.454 e. The van der Waals surface area contributed by atoms with Crippen molar-refractivity contribution in [1.82, 2.24) is 4.90 Å². The SMILES string of the molecule is CC(C)(C)N(Cc1ccccc1)C(=O)COC(=O)/C=C/c1ccc2c(c1)OCO2. The maximum absolute atomic E-state index is 12.7. The molecule has 0 fully saturated rings. The zero-order valence-electron chi connectivity index (χ0n) is 16.9.